The van der Waals surface area contributed by atoms with Gasteiger partial charge in [0.1, 0.15) is 6.54 Å². The molecule has 2 nitrogen and oxygen atoms in total. The largest absolute Gasteiger partial charge is 1.00 e. The fraction of sp³-hybridized carbons (Fsp3) is 0.842. The summed E-state index contributed by atoms with van der Waals surface area (Å²) in [5, 5.41) is 0. The third-order valence-corrected chi connectivity index (χ3v) is 4.00. The van der Waals surface area contributed by atoms with Crippen LogP contribution in [0.1, 0.15) is 96.8 Å². The molecule has 0 aromatic rings. The average molecular weight is 332 g/mol. The molecule has 0 spiro atoms. The molecule has 0 aromatic carbocycles. The number of ketones is 1. The first-order chi connectivity index (χ1) is 10.3. The standard InChI is InChI=1S/C19H37NO.ClH/c1-2-3-4-5-6-7-8-9-10-11-12-13-14-15-16-17-19(21)18-20;/h9-10H,2-8,11-18,20H2,1H3;1H/b10-9-;. The molecule has 0 aromatic heterocycles. The lowest BCUT2D eigenvalue weighted by Gasteiger charge is -1.99. The lowest BCUT2D eigenvalue weighted by Crippen LogP contribution is -3.00. The van der Waals surface area contributed by atoms with Crippen LogP contribution in [0.4, 0.5) is 0 Å². The third kappa shape index (κ3) is 19.7. The number of carbonyl (C=O) groups excluding carboxylic acids is 1. The second-order valence-corrected chi connectivity index (χ2v) is 6.12. The third-order valence-electron chi connectivity index (χ3n) is 4.00. The molecule has 0 bridgehead atoms. The molecule has 0 fully saturated rings. The minimum Gasteiger partial charge on any atom is -1.00 e. The van der Waals surface area contributed by atoms with Crippen molar-refractivity contribution >= 4 is 5.78 Å². The summed E-state index contributed by atoms with van der Waals surface area (Å²) in [4.78, 5) is 11.1. The predicted molar refractivity (Wildman–Crippen MR) is 92.2 cm³/mol. The number of hydrogen-bond acceptors (Lipinski definition) is 1. The monoisotopic (exact) mass is 331 g/mol. The number of allylic oxidation sites excluding steroid dienone is 2. The molecule has 0 aliphatic rings. The van der Waals surface area contributed by atoms with Crippen molar-refractivity contribution in [2.45, 2.75) is 96.8 Å². The molecule has 0 radical (unpaired) electrons. The van der Waals surface area contributed by atoms with Crippen LogP contribution in [0, 0.1) is 0 Å². The van der Waals surface area contributed by atoms with Gasteiger partial charge in [0.05, 0.1) is 0 Å². The number of quaternary nitrogens is 1. The van der Waals surface area contributed by atoms with Gasteiger partial charge in [-0.1, -0.05) is 70.4 Å². The summed E-state index contributed by atoms with van der Waals surface area (Å²) in [7, 11) is 0. The fourth-order valence-electron chi connectivity index (χ4n) is 2.52. The molecule has 0 heterocycles. The van der Waals surface area contributed by atoms with Gasteiger partial charge in [-0.2, -0.15) is 0 Å². The van der Waals surface area contributed by atoms with Crippen LogP contribution in [0.3, 0.4) is 0 Å². The van der Waals surface area contributed by atoms with Crippen molar-refractivity contribution in [3.8, 4) is 0 Å². The molecular formula is C19H38ClNO. The summed E-state index contributed by atoms with van der Waals surface area (Å²) in [5.74, 6) is 0.313. The molecule has 0 aliphatic heterocycles. The Labute approximate surface area is 144 Å². The van der Waals surface area contributed by atoms with Crippen LogP contribution >= 0.6 is 0 Å². The van der Waals surface area contributed by atoms with Crippen LogP contribution in [-0.4, -0.2) is 12.3 Å². The van der Waals surface area contributed by atoms with Gasteiger partial charge in [0.25, 0.3) is 0 Å². The van der Waals surface area contributed by atoms with Crippen molar-refractivity contribution in [3.05, 3.63) is 12.2 Å². The van der Waals surface area contributed by atoms with Gasteiger partial charge in [-0.15, -0.1) is 0 Å². The smallest absolute Gasteiger partial charge is 0.186 e. The molecule has 0 saturated carbocycles. The molecule has 0 unspecified atom stereocenters. The number of hydrogen-bond donors (Lipinski definition) is 1. The highest BCUT2D eigenvalue weighted by Crippen LogP contribution is 2.09. The molecular weight excluding hydrogens is 294 g/mol. The molecule has 0 amide bonds. The van der Waals surface area contributed by atoms with Gasteiger partial charge < -0.3 is 18.1 Å². The molecule has 0 atom stereocenters. The zero-order chi connectivity index (χ0) is 15.6. The van der Waals surface area contributed by atoms with Crippen LogP contribution in [0.5, 0.6) is 0 Å². The van der Waals surface area contributed by atoms with Crippen molar-refractivity contribution in [2.75, 3.05) is 6.54 Å². The second-order valence-electron chi connectivity index (χ2n) is 6.12. The van der Waals surface area contributed by atoms with Crippen LogP contribution in [0.15, 0.2) is 12.2 Å². The molecule has 22 heavy (non-hydrogen) atoms. The van der Waals surface area contributed by atoms with E-state index in [-0.39, 0.29) is 12.4 Å². The number of halogens is 1. The maximum absolute atomic E-state index is 11.1. The number of unbranched alkanes of at least 4 members (excludes halogenated alkanes) is 11. The Morgan fingerprint density at radius 2 is 1.23 bits per heavy atom. The first-order valence-corrected chi connectivity index (χ1v) is 9.27. The van der Waals surface area contributed by atoms with E-state index >= 15 is 0 Å². The van der Waals surface area contributed by atoms with Gasteiger partial charge >= 0.3 is 0 Å². The summed E-state index contributed by atoms with van der Waals surface area (Å²) in [6.45, 7) is 2.73. The topological polar surface area (TPSA) is 44.7 Å². The van der Waals surface area contributed by atoms with Crippen LogP contribution in [-0.2, 0) is 4.79 Å². The van der Waals surface area contributed by atoms with Crippen LogP contribution in [0.2, 0.25) is 0 Å². The van der Waals surface area contributed by atoms with E-state index in [0.29, 0.717) is 12.3 Å². The van der Waals surface area contributed by atoms with Gasteiger partial charge in [0.15, 0.2) is 5.78 Å². The molecule has 0 saturated heterocycles. The van der Waals surface area contributed by atoms with Crippen molar-refractivity contribution in [3.63, 3.8) is 0 Å². The Kier molecular flexibility index (Phi) is 22.5. The lowest BCUT2D eigenvalue weighted by molar-refractivity contribution is -0.354. The molecule has 0 aliphatic carbocycles. The fourth-order valence-corrected chi connectivity index (χ4v) is 2.52. The van der Waals surface area contributed by atoms with Gasteiger partial charge in [0, 0.05) is 6.42 Å². The Morgan fingerprint density at radius 1 is 0.773 bits per heavy atom. The molecule has 3 N–H and O–H groups in total. The van der Waals surface area contributed by atoms with E-state index in [1.165, 1.54) is 77.0 Å². The van der Waals surface area contributed by atoms with Gasteiger partial charge in [-0.3, -0.25) is 4.79 Å². The first kappa shape index (κ1) is 23.9. The maximum atomic E-state index is 11.1. The normalized spacial score (nSPS) is 10.8. The second kappa shape index (κ2) is 20.7. The molecule has 132 valence electrons. The van der Waals surface area contributed by atoms with E-state index in [2.05, 4.69) is 24.8 Å². The molecule has 3 heteroatoms. The number of carbonyl (C=O) groups is 1. The number of rotatable bonds is 16. The van der Waals surface area contributed by atoms with Crippen molar-refractivity contribution < 1.29 is 22.9 Å². The minimum atomic E-state index is 0. The first-order valence-electron chi connectivity index (χ1n) is 9.27. The van der Waals surface area contributed by atoms with Crippen molar-refractivity contribution in [2.24, 2.45) is 0 Å². The highest BCUT2D eigenvalue weighted by Gasteiger charge is 1.99. The average Bonchev–Trinajstić information content (AvgIpc) is 2.50. The highest BCUT2D eigenvalue weighted by atomic mass is 35.5. The lowest BCUT2D eigenvalue weighted by atomic mass is 10.1. The van der Waals surface area contributed by atoms with Crippen LogP contribution in [0.25, 0.3) is 0 Å². The Bertz CT molecular complexity index is 254. The summed E-state index contributed by atoms with van der Waals surface area (Å²) in [6, 6.07) is 0. The minimum absolute atomic E-state index is 0. The van der Waals surface area contributed by atoms with E-state index < -0.39 is 0 Å². The highest BCUT2D eigenvalue weighted by molar-refractivity contribution is 5.78. The van der Waals surface area contributed by atoms with Gasteiger partial charge in [-0.05, 0) is 32.1 Å². The van der Waals surface area contributed by atoms with Crippen LogP contribution < -0.4 is 18.1 Å². The number of Topliss-reactive ketones (excluding diaryl/α,β-unsaturated/α-hetero) is 1. The van der Waals surface area contributed by atoms with E-state index in [4.69, 9.17) is 0 Å². The van der Waals surface area contributed by atoms with E-state index in [1.807, 2.05) is 0 Å². The summed E-state index contributed by atoms with van der Waals surface area (Å²) >= 11 is 0. The quantitative estimate of drug-likeness (QED) is 0.340. The van der Waals surface area contributed by atoms with Gasteiger partial charge in [-0.25, -0.2) is 0 Å². The van der Waals surface area contributed by atoms with E-state index in [1.54, 1.807) is 0 Å². The Hall–Kier alpha value is -0.340. The maximum Gasteiger partial charge on any atom is 0.186 e. The summed E-state index contributed by atoms with van der Waals surface area (Å²) in [6.07, 6.45) is 22.4. The van der Waals surface area contributed by atoms with Gasteiger partial charge in [0.2, 0.25) is 0 Å². The van der Waals surface area contributed by atoms with E-state index in [9.17, 15) is 4.79 Å². The Morgan fingerprint density at radius 3 is 1.73 bits per heavy atom. The zero-order valence-corrected chi connectivity index (χ0v) is 15.5. The predicted octanol–water partition coefficient (Wildman–Crippen LogP) is 1.84. The molecule has 0 rings (SSSR count). The van der Waals surface area contributed by atoms with Crippen molar-refractivity contribution in [1.82, 2.24) is 0 Å². The Balaban J connectivity index is 0. The summed E-state index contributed by atoms with van der Waals surface area (Å²) in [5.41, 5.74) is 3.62. The summed E-state index contributed by atoms with van der Waals surface area (Å²) < 4.78 is 0. The van der Waals surface area contributed by atoms with Crippen molar-refractivity contribution in [1.29, 1.82) is 0 Å². The zero-order valence-electron chi connectivity index (χ0n) is 14.8. The SMILES string of the molecule is CCCCCCCC/C=C\CCCCCCCC(=O)C[NH3+].[Cl-]. The van der Waals surface area contributed by atoms with E-state index in [0.717, 1.165) is 12.8 Å².